The zero-order valence-corrected chi connectivity index (χ0v) is 6.36. The molecule has 0 aromatic carbocycles. The molecule has 0 amide bonds. The Kier molecular flexibility index (Phi) is 1.14. The molecule has 1 atom stereocenters. The number of hydrogen-bond donors (Lipinski definition) is 2. The largest absolute Gasteiger partial charge is 0.368 e. The van der Waals surface area contributed by atoms with E-state index in [9.17, 15) is 0 Å². The Hall–Kier alpha value is -1.17. The first-order valence-electron chi connectivity index (χ1n) is 2.94. The third-order valence-corrected chi connectivity index (χ3v) is 1.79. The third-order valence-electron chi connectivity index (χ3n) is 1.36. The van der Waals surface area contributed by atoms with E-state index in [0.717, 1.165) is 0 Å². The van der Waals surface area contributed by atoms with Gasteiger partial charge in [-0.1, -0.05) is 0 Å². The summed E-state index contributed by atoms with van der Waals surface area (Å²) in [6, 6.07) is 0. The molecule has 1 unspecified atom stereocenters. The summed E-state index contributed by atoms with van der Waals surface area (Å²) in [7, 11) is 0. The van der Waals surface area contributed by atoms with E-state index >= 15 is 0 Å². The average Bonchev–Trinajstić information content (AvgIpc) is 2.31. The molecule has 0 spiro atoms. The van der Waals surface area contributed by atoms with E-state index in [2.05, 4.69) is 32.6 Å². The summed E-state index contributed by atoms with van der Waals surface area (Å²) in [4.78, 5) is 14.7. The molecular weight excluding hydrogens is 162 g/mol. The van der Waals surface area contributed by atoms with Gasteiger partial charge in [-0.2, -0.15) is 4.99 Å². The van der Waals surface area contributed by atoms with Crippen molar-refractivity contribution >= 4 is 37.0 Å². The van der Waals surface area contributed by atoms with Gasteiger partial charge in [-0.05, 0) is 0 Å². The minimum absolute atomic E-state index is 0.193. The van der Waals surface area contributed by atoms with Crippen molar-refractivity contribution in [1.82, 2.24) is 0 Å². The lowest BCUT2D eigenvalue weighted by Gasteiger charge is -2.16. The summed E-state index contributed by atoms with van der Waals surface area (Å²) >= 11 is 4.21. The quantitative estimate of drug-likeness (QED) is 0.467. The van der Waals surface area contributed by atoms with Crippen molar-refractivity contribution in [2.45, 2.75) is 4.87 Å². The maximum absolute atomic E-state index is 5.33. The number of aliphatic imine (C=N–C) groups is 4. The van der Waals surface area contributed by atoms with Crippen molar-refractivity contribution < 1.29 is 0 Å². The second-order valence-corrected chi connectivity index (χ2v) is 2.83. The summed E-state index contributed by atoms with van der Waals surface area (Å²) < 4.78 is 0. The van der Waals surface area contributed by atoms with Gasteiger partial charge in [-0.15, -0.1) is 12.6 Å². The van der Waals surface area contributed by atoms with Gasteiger partial charge in [0.2, 0.25) is 5.96 Å². The van der Waals surface area contributed by atoms with Crippen LogP contribution in [0.1, 0.15) is 0 Å². The summed E-state index contributed by atoms with van der Waals surface area (Å²) in [5, 5.41) is 0. The van der Waals surface area contributed by atoms with Gasteiger partial charge in [-0.3, -0.25) is 0 Å². The van der Waals surface area contributed by atoms with E-state index < -0.39 is 4.87 Å². The van der Waals surface area contributed by atoms with Gasteiger partial charge in [-0.25, -0.2) is 15.0 Å². The molecule has 6 heteroatoms. The Labute approximate surface area is 68.3 Å². The summed E-state index contributed by atoms with van der Waals surface area (Å²) in [5.74, 6) is 0.673. The fourth-order valence-corrected chi connectivity index (χ4v) is 1.04. The molecule has 2 aliphatic rings. The predicted molar refractivity (Wildman–Crippen MR) is 47.8 cm³/mol. The average molecular weight is 167 g/mol. The van der Waals surface area contributed by atoms with Crippen molar-refractivity contribution in [3.8, 4) is 0 Å². The van der Waals surface area contributed by atoms with E-state index in [0.29, 0.717) is 5.84 Å². The van der Waals surface area contributed by atoms with E-state index in [1.807, 2.05) is 0 Å². The SMILES string of the molecule is NC1=NC2=NC=NC2(S)C=N1. The highest BCUT2D eigenvalue weighted by Gasteiger charge is 2.34. The highest BCUT2D eigenvalue weighted by Crippen LogP contribution is 2.22. The van der Waals surface area contributed by atoms with E-state index in [1.165, 1.54) is 12.6 Å². The monoisotopic (exact) mass is 167 g/mol. The van der Waals surface area contributed by atoms with Gasteiger partial charge < -0.3 is 5.73 Å². The molecule has 0 aromatic rings. The molecule has 2 aliphatic heterocycles. The summed E-state index contributed by atoms with van der Waals surface area (Å²) in [6.07, 6.45) is 2.91. The van der Waals surface area contributed by atoms with Crippen molar-refractivity contribution in [2.24, 2.45) is 25.7 Å². The topological polar surface area (TPSA) is 75.5 Å². The minimum Gasteiger partial charge on any atom is -0.368 e. The van der Waals surface area contributed by atoms with Crippen LogP contribution in [0.5, 0.6) is 0 Å². The van der Waals surface area contributed by atoms with Crippen LogP contribution >= 0.6 is 12.6 Å². The van der Waals surface area contributed by atoms with Crippen molar-refractivity contribution in [3.63, 3.8) is 0 Å². The molecule has 56 valence electrons. The molecule has 0 aromatic heterocycles. The molecule has 0 bridgehead atoms. The standard InChI is InChI=1S/C5H5N5S/c6-4-7-1-5(11)3(10-4)8-2-9-5/h1-2,11H,(H2,6,8,9,10). The number of rotatable bonds is 0. The molecule has 11 heavy (non-hydrogen) atoms. The van der Waals surface area contributed by atoms with Gasteiger partial charge in [0.1, 0.15) is 6.34 Å². The van der Waals surface area contributed by atoms with Crippen LogP contribution in [0.3, 0.4) is 0 Å². The summed E-state index contributed by atoms with van der Waals surface area (Å²) in [6.45, 7) is 0. The van der Waals surface area contributed by atoms with Gasteiger partial charge >= 0.3 is 0 Å². The van der Waals surface area contributed by atoms with Crippen LogP contribution in [0, 0.1) is 0 Å². The number of thiol groups is 1. The van der Waals surface area contributed by atoms with Crippen LogP contribution in [0.2, 0.25) is 0 Å². The van der Waals surface area contributed by atoms with Crippen LogP contribution < -0.4 is 5.73 Å². The first kappa shape index (κ1) is 6.53. The third kappa shape index (κ3) is 0.864. The van der Waals surface area contributed by atoms with Gasteiger partial charge in [0.15, 0.2) is 10.7 Å². The van der Waals surface area contributed by atoms with Crippen molar-refractivity contribution in [2.75, 3.05) is 0 Å². The lowest BCUT2D eigenvalue weighted by Crippen LogP contribution is -2.34. The smallest absolute Gasteiger partial charge is 0.221 e. The fourth-order valence-electron chi connectivity index (χ4n) is 0.820. The van der Waals surface area contributed by atoms with Crippen LogP contribution in [0.4, 0.5) is 0 Å². The molecule has 0 radical (unpaired) electrons. The molecule has 2 N–H and O–H groups in total. The number of nitrogens with two attached hydrogens (primary N) is 1. The highest BCUT2D eigenvalue weighted by atomic mass is 32.1. The zero-order chi connectivity index (χ0) is 7.90. The van der Waals surface area contributed by atoms with Gasteiger partial charge in [0.25, 0.3) is 0 Å². The predicted octanol–water partition coefficient (Wildman–Crippen LogP) is -0.548. The molecule has 0 fully saturated rings. The minimum atomic E-state index is -0.775. The van der Waals surface area contributed by atoms with Gasteiger partial charge in [0.05, 0.1) is 6.21 Å². The number of guanidine groups is 1. The lowest BCUT2D eigenvalue weighted by molar-refractivity contribution is 1.09. The number of amidine groups is 1. The Balaban J connectivity index is 2.49. The maximum atomic E-state index is 5.33. The second kappa shape index (κ2) is 1.91. The van der Waals surface area contributed by atoms with Crippen molar-refractivity contribution in [1.29, 1.82) is 0 Å². The number of hydrogen-bond acceptors (Lipinski definition) is 6. The molecule has 0 saturated carbocycles. The second-order valence-electron chi connectivity index (χ2n) is 2.15. The van der Waals surface area contributed by atoms with Crippen LogP contribution in [-0.2, 0) is 0 Å². The molecular formula is C5H5N5S. The van der Waals surface area contributed by atoms with E-state index in [-0.39, 0.29) is 5.96 Å². The molecule has 0 aliphatic carbocycles. The van der Waals surface area contributed by atoms with Crippen molar-refractivity contribution in [3.05, 3.63) is 0 Å². The normalized spacial score (nSPS) is 33.2. The van der Waals surface area contributed by atoms with Crippen LogP contribution in [0.25, 0.3) is 0 Å². The lowest BCUT2D eigenvalue weighted by atomic mass is 10.3. The Morgan fingerprint density at radius 2 is 2.36 bits per heavy atom. The first-order chi connectivity index (χ1) is 5.21. The maximum Gasteiger partial charge on any atom is 0.221 e. The fraction of sp³-hybridized carbons (Fsp3) is 0.200. The summed E-state index contributed by atoms with van der Waals surface area (Å²) in [5.41, 5.74) is 5.33. The van der Waals surface area contributed by atoms with Gasteiger partial charge in [0, 0.05) is 0 Å². The Bertz CT molecular complexity index is 315. The first-order valence-corrected chi connectivity index (χ1v) is 3.39. The zero-order valence-electron chi connectivity index (χ0n) is 5.47. The highest BCUT2D eigenvalue weighted by molar-refractivity contribution is 7.83. The Morgan fingerprint density at radius 1 is 1.55 bits per heavy atom. The van der Waals surface area contributed by atoms with E-state index in [4.69, 9.17) is 5.73 Å². The van der Waals surface area contributed by atoms with Crippen LogP contribution in [0.15, 0.2) is 20.0 Å². The molecule has 0 saturated heterocycles. The molecule has 5 nitrogen and oxygen atoms in total. The van der Waals surface area contributed by atoms with E-state index in [1.54, 1.807) is 0 Å². The van der Waals surface area contributed by atoms with Crippen LogP contribution in [-0.4, -0.2) is 29.2 Å². The number of nitrogens with zero attached hydrogens (tertiary/aromatic N) is 4. The molecule has 2 rings (SSSR count). The Morgan fingerprint density at radius 3 is 3.18 bits per heavy atom. The molecule has 2 heterocycles. The number of fused-ring (bicyclic) bond motifs is 1.